The number of hydrogen-bond donors (Lipinski definition) is 1. The Morgan fingerprint density at radius 2 is 2.00 bits per heavy atom. The van der Waals surface area contributed by atoms with Crippen molar-refractivity contribution in [2.75, 3.05) is 18.0 Å². The van der Waals surface area contributed by atoms with Crippen molar-refractivity contribution in [2.45, 2.75) is 0 Å². The lowest BCUT2D eigenvalue weighted by atomic mass is 9.99. The third kappa shape index (κ3) is 2.60. The zero-order valence-electron chi connectivity index (χ0n) is 12.8. The predicted octanol–water partition coefficient (Wildman–Crippen LogP) is 4.20. The zero-order chi connectivity index (χ0) is 16.5. The van der Waals surface area contributed by atoms with Crippen LogP contribution in [0.25, 0.3) is 16.6 Å². The van der Waals surface area contributed by atoms with E-state index in [0.717, 1.165) is 45.2 Å². The highest BCUT2D eigenvalue weighted by molar-refractivity contribution is 8.14. The van der Waals surface area contributed by atoms with E-state index in [1.165, 1.54) is 0 Å². The van der Waals surface area contributed by atoms with E-state index in [0.29, 0.717) is 5.95 Å². The van der Waals surface area contributed by atoms with Gasteiger partial charge in [-0.3, -0.25) is 9.56 Å². The second kappa shape index (κ2) is 6.34. The highest BCUT2D eigenvalue weighted by atomic mass is 35.5. The molecule has 0 unspecified atom stereocenters. The minimum Gasteiger partial charge on any atom is -0.369 e. The zero-order valence-corrected chi connectivity index (χ0v) is 14.4. The molecule has 2 aromatic carbocycles. The van der Waals surface area contributed by atoms with Crippen LogP contribution in [-0.2, 0) is 0 Å². The number of rotatable bonds is 2. The summed E-state index contributed by atoms with van der Waals surface area (Å²) in [6.07, 6.45) is 0. The van der Waals surface area contributed by atoms with Gasteiger partial charge < -0.3 is 5.73 Å². The maximum absolute atomic E-state index is 6.12. The number of nitrogens with zero attached hydrogens (tertiary/aromatic N) is 3. The van der Waals surface area contributed by atoms with Gasteiger partial charge in [0.25, 0.3) is 0 Å². The first kappa shape index (κ1) is 15.3. The second-order valence-electron chi connectivity index (χ2n) is 5.41. The maximum Gasteiger partial charge on any atom is 0.207 e. The van der Waals surface area contributed by atoms with E-state index < -0.39 is 0 Å². The number of thioether (sulfide) groups is 1. The molecule has 4 rings (SSSR count). The number of halogens is 1. The van der Waals surface area contributed by atoms with Gasteiger partial charge in [-0.05, 0) is 23.3 Å². The molecule has 0 saturated carbocycles. The molecule has 3 aromatic rings. The number of nitrogen functional groups attached to an aromatic ring is 1. The first-order chi connectivity index (χ1) is 11.8. The molecule has 0 saturated heterocycles. The largest absolute Gasteiger partial charge is 0.369 e. The van der Waals surface area contributed by atoms with Crippen LogP contribution < -0.4 is 5.73 Å². The fourth-order valence-electron chi connectivity index (χ4n) is 2.83. The summed E-state index contributed by atoms with van der Waals surface area (Å²) >= 11 is 7.82. The lowest BCUT2D eigenvalue weighted by Gasteiger charge is -2.09. The number of benzene rings is 2. The number of hydrogen-bond acceptors (Lipinski definition) is 4. The first-order valence-corrected chi connectivity index (χ1v) is 9.02. The Labute approximate surface area is 149 Å². The van der Waals surface area contributed by atoms with Crippen molar-refractivity contribution in [3.63, 3.8) is 0 Å². The number of aliphatic imine (C=N–C) groups is 1. The molecule has 0 fully saturated rings. The van der Waals surface area contributed by atoms with Crippen molar-refractivity contribution >= 4 is 51.1 Å². The van der Waals surface area contributed by atoms with E-state index in [-0.39, 0.29) is 0 Å². The smallest absolute Gasteiger partial charge is 0.207 e. The van der Waals surface area contributed by atoms with Gasteiger partial charge in [0.05, 0.1) is 17.6 Å². The Hall–Kier alpha value is -2.24. The van der Waals surface area contributed by atoms with E-state index in [1.54, 1.807) is 17.3 Å². The molecule has 0 bridgehead atoms. The molecule has 0 radical (unpaired) electrons. The lowest BCUT2D eigenvalue weighted by molar-refractivity contribution is 1.13. The number of aromatic nitrogens is 2. The maximum atomic E-state index is 6.12. The fraction of sp³-hybridized carbons (Fsp3) is 0.111. The molecule has 2 heterocycles. The second-order valence-corrected chi connectivity index (χ2v) is 6.69. The summed E-state index contributed by atoms with van der Waals surface area (Å²) in [6.45, 7) is 0.815. The van der Waals surface area contributed by atoms with E-state index in [1.807, 2.05) is 47.0 Å². The van der Waals surface area contributed by atoms with Crippen molar-refractivity contribution in [2.24, 2.45) is 4.99 Å². The van der Waals surface area contributed by atoms with Crippen LogP contribution in [0.5, 0.6) is 0 Å². The quantitative estimate of drug-likeness (QED) is 0.750. The molecular weight excluding hydrogens is 340 g/mol. The molecule has 6 heteroatoms. The third-order valence-electron chi connectivity index (χ3n) is 3.95. The van der Waals surface area contributed by atoms with Crippen LogP contribution in [0.3, 0.4) is 0 Å². The van der Waals surface area contributed by atoms with Crippen molar-refractivity contribution in [3.8, 4) is 0 Å². The van der Waals surface area contributed by atoms with Gasteiger partial charge in [-0.1, -0.05) is 59.8 Å². The number of imidazole rings is 1. The van der Waals surface area contributed by atoms with Crippen LogP contribution in [0.15, 0.2) is 59.1 Å². The summed E-state index contributed by atoms with van der Waals surface area (Å²) in [7, 11) is 0. The summed E-state index contributed by atoms with van der Waals surface area (Å²) in [5, 5.41) is 0.906. The number of nitrogens with two attached hydrogens (primary N) is 1. The van der Waals surface area contributed by atoms with Gasteiger partial charge >= 0.3 is 0 Å². The minimum absolute atomic E-state index is 0.464. The van der Waals surface area contributed by atoms with Crippen molar-refractivity contribution in [3.05, 3.63) is 65.2 Å². The topological polar surface area (TPSA) is 56.2 Å². The Balaban J connectivity index is 1.87. The van der Waals surface area contributed by atoms with Gasteiger partial charge in [-0.15, -0.1) is 0 Å². The Morgan fingerprint density at radius 3 is 2.71 bits per heavy atom. The Bertz CT molecular complexity index is 960. The predicted molar refractivity (Wildman–Crippen MR) is 104 cm³/mol. The van der Waals surface area contributed by atoms with Crippen molar-refractivity contribution in [1.82, 2.24) is 9.55 Å². The van der Waals surface area contributed by atoms with Gasteiger partial charge in [0.15, 0.2) is 5.17 Å². The minimum atomic E-state index is 0.464. The normalized spacial score (nSPS) is 15.0. The SMILES string of the molecule is Nc1nc2ccc(/C(=C/Cl)c3ccccc3)cc2n1C1=NCCS1. The summed E-state index contributed by atoms with van der Waals surface area (Å²) in [5.74, 6) is 1.44. The van der Waals surface area contributed by atoms with Crippen molar-refractivity contribution in [1.29, 1.82) is 0 Å². The molecular formula is C18H15ClN4S. The Morgan fingerprint density at radius 1 is 1.17 bits per heavy atom. The third-order valence-corrected chi connectivity index (χ3v) is 5.12. The summed E-state index contributed by atoms with van der Waals surface area (Å²) in [6, 6.07) is 16.1. The average molecular weight is 355 g/mol. The van der Waals surface area contributed by atoms with Gasteiger partial charge in [-0.2, -0.15) is 0 Å². The molecule has 4 nitrogen and oxygen atoms in total. The van der Waals surface area contributed by atoms with E-state index in [4.69, 9.17) is 17.3 Å². The van der Waals surface area contributed by atoms with Gasteiger partial charge in [0.1, 0.15) is 0 Å². The van der Waals surface area contributed by atoms with Gasteiger partial charge in [0.2, 0.25) is 5.95 Å². The highest BCUT2D eigenvalue weighted by Crippen LogP contribution is 2.29. The number of anilines is 1. The van der Waals surface area contributed by atoms with Crippen molar-refractivity contribution < 1.29 is 0 Å². The molecule has 0 atom stereocenters. The van der Waals surface area contributed by atoms with Gasteiger partial charge in [-0.25, -0.2) is 4.98 Å². The number of fused-ring (bicyclic) bond motifs is 1. The molecule has 0 amide bonds. The van der Waals surface area contributed by atoms with Crippen LogP contribution in [0, 0.1) is 0 Å². The molecule has 2 N–H and O–H groups in total. The molecule has 0 aliphatic carbocycles. The standard InChI is InChI=1S/C18H15ClN4S/c19-11-14(12-4-2-1-3-5-12)13-6-7-15-16(10-13)23(17(20)22-15)18-21-8-9-24-18/h1-7,10-11H,8-9H2,(H2,20,22)/b14-11+. The van der Waals surface area contributed by atoms with Crippen LogP contribution in [0.1, 0.15) is 11.1 Å². The summed E-state index contributed by atoms with van der Waals surface area (Å²) in [4.78, 5) is 8.97. The van der Waals surface area contributed by atoms with Crippen LogP contribution in [0.2, 0.25) is 0 Å². The van der Waals surface area contributed by atoms with E-state index >= 15 is 0 Å². The monoisotopic (exact) mass is 354 g/mol. The summed E-state index contributed by atoms with van der Waals surface area (Å²) in [5.41, 5.74) is 12.6. The van der Waals surface area contributed by atoms with Gasteiger partial charge in [0, 0.05) is 16.9 Å². The first-order valence-electron chi connectivity index (χ1n) is 7.59. The van der Waals surface area contributed by atoms with Crippen LogP contribution in [-0.4, -0.2) is 27.0 Å². The fourth-order valence-corrected chi connectivity index (χ4v) is 3.95. The molecule has 1 aliphatic rings. The molecule has 120 valence electrons. The van der Waals surface area contributed by atoms with E-state index in [2.05, 4.69) is 16.0 Å². The van der Waals surface area contributed by atoms with Crippen LogP contribution >= 0.6 is 23.4 Å². The Kier molecular flexibility index (Phi) is 4.04. The summed E-state index contributed by atoms with van der Waals surface area (Å²) < 4.78 is 1.92. The molecule has 1 aromatic heterocycles. The molecule has 1 aliphatic heterocycles. The highest BCUT2D eigenvalue weighted by Gasteiger charge is 2.17. The molecule has 24 heavy (non-hydrogen) atoms. The molecule has 0 spiro atoms. The van der Waals surface area contributed by atoms with E-state index in [9.17, 15) is 0 Å². The van der Waals surface area contributed by atoms with Crippen LogP contribution in [0.4, 0.5) is 5.95 Å². The average Bonchev–Trinajstić information content (AvgIpc) is 3.23. The lowest BCUT2D eigenvalue weighted by Crippen LogP contribution is -2.09.